The van der Waals surface area contributed by atoms with Crippen LogP contribution in [0.2, 0.25) is 0 Å². The van der Waals surface area contributed by atoms with Gasteiger partial charge >= 0.3 is 0 Å². The normalized spacial score (nSPS) is 12.6. The van der Waals surface area contributed by atoms with Crippen molar-refractivity contribution in [3.8, 4) is 44.5 Å². The molecule has 2 heteroatoms. The van der Waals surface area contributed by atoms with E-state index in [1.54, 1.807) is 0 Å². The van der Waals surface area contributed by atoms with Crippen molar-refractivity contribution in [3.05, 3.63) is 335 Å². The zero-order chi connectivity index (χ0) is 60.7. The van der Waals surface area contributed by atoms with Gasteiger partial charge in [0.05, 0.1) is 28.2 Å². The second-order valence-corrected chi connectivity index (χ2v) is 25.3. The molecule has 0 atom stereocenters. The Hall–Kier alpha value is -10.3. The molecule has 0 bridgehead atoms. The van der Waals surface area contributed by atoms with E-state index >= 15 is 0 Å². The van der Waals surface area contributed by atoms with Crippen LogP contribution in [0.3, 0.4) is 0 Å². The van der Waals surface area contributed by atoms with Crippen LogP contribution in [0, 0.1) is 27.7 Å². The Balaban J connectivity index is 0.990. The summed E-state index contributed by atoms with van der Waals surface area (Å²) in [6.07, 6.45) is 0. The minimum absolute atomic E-state index is 0.220. The highest BCUT2D eigenvalue weighted by molar-refractivity contribution is 6.29. The van der Waals surface area contributed by atoms with E-state index in [1.807, 2.05) is 0 Å². The SMILES string of the molecule is Cc1cccc(C)c1N(c1cccc(-c2ccccc2-c2ccccc2-c2ccccc2)c1)c1cc(C(C)C)c2ccc3c(N(c4cccc(C5(c6ccccc6)c6ccccc6-c6ccccc65)c4)c4c(C)cccc4C)cc(C(C)C)c4ccc1c2c43. The van der Waals surface area contributed by atoms with Crippen molar-refractivity contribution in [2.24, 2.45) is 0 Å². The van der Waals surface area contributed by atoms with Gasteiger partial charge in [-0.3, -0.25) is 0 Å². The van der Waals surface area contributed by atoms with Gasteiger partial charge in [-0.15, -0.1) is 0 Å². The molecule has 0 unspecified atom stereocenters. The predicted molar refractivity (Wildman–Crippen MR) is 380 cm³/mol. The molecule has 0 saturated heterocycles. The molecule has 430 valence electrons. The van der Waals surface area contributed by atoms with Crippen LogP contribution in [0.5, 0.6) is 0 Å². The van der Waals surface area contributed by atoms with Gasteiger partial charge < -0.3 is 9.80 Å². The van der Waals surface area contributed by atoms with E-state index in [4.69, 9.17) is 0 Å². The molecule has 14 aromatic carbocycles. The molecule has 14 aromatic rings. The quantitative estimate of drug-likeness (QED) is 0.106. The van der Waals surface area contributed by atoms with E-state index in [1.165, 1.54) is 150 Å². The molecule has 89 heavy (non-hydrogen) atoms. The highest BCUT2D eigenvalue weighted by Crippen LogP contribution is 2.58. The lowest BCUT2D eigenvalue weighted by atomic mass is 9.67. The van der Waals surface area contributed by atoms with Crippen molar-refractivity contribution < 1.29 is 0 Å². The summed E-state index contributed by atoms with van der Waals surface area (Å²) in [5, 5.41) is 7.66. The third-order valence-corrected chi connectivity index (χ3v) is 19.3. The van der Waals surface area contributed by atoms with Crippen molar-refractivity contribution in [2.75, 3.05) is 9.80 Å². The zero-order valence-corrected chi connectivity index (χ0v) is 52.1. The van der Waals surface area contributed by atoms with Crippen LogP contribution in [0.15, 0.2) is 279 Å². The molecule has 0 aliphatic heterocycles. The molecule has 1 aliphatic rings. The van der Waals surface area contributed by atoms with Gasteiger partial charge in [0.2, 0.25) is 0 Å². The monoisotopic (exact) mass is 1140 g/mol. The molecule has 15 rings (SSSR count). The fourth-order valence-corrected chi connectivity index (χ4v) is 15.4. The molecule has 0 radical (unpaired) electrons. The highest BCUT2D eigenvalue weighted by atomic mass is 15.2. The third-order valence-electron chi connectivity index (χ3n) is 19.3. The summed E-state index contributed by atoms with van der Waals surface area (Å²) in [5.41, 5.74) is 28.8. The summed E-state index contributed by atoms with van der Waals surface area (Å²) in [4.78, 5) is 5.21. The molecular weight excluding hydrogens is 1070 g/mol. The van der Waals surface area contributed by atoms with E-state index in [9.17, 15) is 0 Å². The zero-order valence-electron chi connectivity index (χ0n) is 52.1. The van der Waals surface area contributed by atoms with Gasteiger partial charge in [0.1, 0.15) is 0 Å². The maximum Gasteiger partial charge on any atom is 0.0714 e. The molecule has 0 heterocycles. The number of para-hydroxylation sites is 2. The summed E-state index contributed by atoms with van der Waals surface area (Å²) < 4.78 is 0. The molecule has 0 spiro atoms. The highest BCUT2D eigenvalue weighted by Gasteiger charge is 2.46. The van der Waals surface area contributed by atoms with E-state index in [-0.39, 0.29) is 11.8 Å². The second-order valence-electron chi connectivity index (χ2n) is 25.3. The average molecular weight is 1150 g/mol. The summed E-state index contributed by atoms with van der Waals surface area (Å²) in [6.45, 7) is 18.6. The Morgan fingerprint density at radius 3 is 1.12 bits per heavy atom. The predicted octanol–water partition coefficient (Wildman–Crippen LogP) is 24.4. The first-order valence-electron chi connectivity index (χ1n) is 31.7. The number of fused-ring (bicyclic) bond motifs is 3. The number of aryl methyl sites for hydroxylation is 4. The Bertz CT molecular complexity index is 4940. The number of anilines is 6. The summed E-state index contributed by atoms with van der Waals surface area (Å²) in [6, 6.07) is 105. The Labute approximate surface area is 525 Å². The molecule has 0 fully saturated rings. The van der Waals surface area contributed by atoms with Crippen LogP contribution >= 0.6 is 0 Å². The van der Waals surface area contributed by atoms with Crippen LogP contribution in [0.4, 0.5) is 34.1 Å². The van der Waals surface area contributed by atoms with Gasteiger partial charge in [0.25, 0.3) is 0 Å². The molecular formula is C87H72N2. The first-order chi connectivity index (χ1) is 43.5. The first kappa shape index (κ1) is 55.3. The number of benzene rings is 14. The standard InChI is InChI=1S/C87H72N2/c1-55(2)77-53-81(88(85-57(5)27-23-28-58(85)6)65-37-25-33-62(51-65)68-40-16-18-42-70(68)69-41-17-15-39-67(69)61-31-11-9-12-32-61)75-49-47-74-78(56(3)4)54-82(76-50-48-73(77)83(75)84(74)76)89(86-59(7)29-24-30-60(86)8)66-38-26-36-64(52-66)87(63-34-13-10-14-35-63)79-45-21-19-43-71(79)72-44-20-22-46-80(72)87/h9-56H,1-8H3. The number of rotatable bonds is 13. The van der Waals surface area contributed by atoms with Crippen LogP contribution < -0.4 is 9.80 Å². The summed E-state index contributed by atoms with van der Waals surface area (Å²) in [5.74, 6) is 0.444. The van der Waals surface area contributed by atoms with Gasteiger partial charge in [0, 0.05) is 22.1 Å². The van der Waals surface area contributed by atoms with Gasteiger partial charge in [-0.05, 0) is 198 Å². The number of nitrogens with zero attached hydrogens (tertiary/aromatic N) is 2. The van der Waals surface area contributed by atoms with Crippen LogP contribution in [-0.4, -0.2) is 0 Å². The molecule has 2 nitrogen and oxygen atoms in total. The number of hydrogen-bond donors (Lipinski definition) is 0. The van der Waals surface area contributed by atoms with Gasteiger partial charge in [-0.1, -0.05) is 270 Å². The maximum absolute atomic E-state index is 2.62. The van der Waals surface area contributed by atoms with Gasteiger partial charge in [0.15, 0.2) is 0 Å². The van der Waals surface area contributed by atoms with E-state index in [2.05, 4.69) is 344 Å². The smallest absolute Gasteiger partial charge is 0.0714 e. The fourth-order valence-electron chi connectivity index (χ4n) is 15.4. The maximum atomic E-state index is 2.62. The third kappa shape index (κ3) is 8.90. The first-order valence-corrected chi connectivity index (χ1v) is 31.7. The van der Waals surface area contributed by atoms with Crippen molar-refractivity contribution in [1.29, 1.82) is 0 Å². The second kappa shape index (κ2) is 22.1. The van der Waals surface area contributed by atoms with Crippen LogP contribution in [0.1, 0.15) is 95.2 Å². The van der Waals surface area contributed by atoms with Crippen molar-refractivity contribution in [2.45, 2.75) is 72.6 Å². The van der Waals surface area contributed by atoms with Gasteiger partial charge in [-0.2, -0.15) is 0 Å². The van der Waals surface area contributed by atoms with E-state index in [0.29, 0.717) is 0 Å². The Kier molecular flexibility index (Phi) is 13.8. The lowest BCUT2D eigenvalue weighted by molar-refractivity contribution is 0.768. The van der Waals surface area contributed by atoms with Gasteiger partial charge in [-0.25, -0.2) is 0 Å². The largest absolute Gasteiger partial charge is 0.309 e. The van der Waals surface area contributed by atoms with Crippen molar-refractivity contribution in [1.82, 2.24) is 0 Å². The molecule has 0 amide bonds. The lowest BCUT2D eigenvalue weighted by Crippen LogP contribution is -2.29. The average Bonchev–Trinajstić information content (AvgIpc) is 1.77. The molecule has 0 saturated carbocycles. The Morgan fingerprint density at radius 1 is 0.281 bits per heavy atom. The lowest BCUT2D eigenvalue weighted by Gasteiger charge is -2.36. The minimum Gasteiger partial charge on any atom is -0.309 e. The van der Waals surface area contributed by atoms with E-state index < -0.39 is 5.41 Å². The van der Waals surface area contributed by atoms with Crippen LogP contribution in [-0.2, 0) is 5.41 Å². The summed E-state index contributed by atoms with van der Waals surface area (Å²) >= 11 is 0. The minimum atomic E-state index is -0.565. The topological polar surface area (TPSA) is 6.48 Å². The van der Waals surface area contributed by atoms with Crippen molar-refractivity contribution >= 4 is 66.4 Å². The fraction of sp³-hybridized carbons (Fsp3) is 0.126. The number of hydrogen-bond acceptors (Lipinski definition) is 2. The Morgan fingerprint density at radius 2 is 0.640 bits per heavy atom. The van der Waals surface area contributed by atoms with Crippen molar-refractivity contribution in [3.63, 3.8) is 0 Å². The van der Waals surface area contributed by atoms with Crippen LogP contribution in [0.25, 0.3) is 76.8 Å². The van der Waals surface area contributed by atoms with E-state index in [0.717, 1.165) is 16.9 Å². The molecule has 0 aromatic heterocycles. The molecule has 1 aliphatic carbocycles. The summed E-state index contributed by atoms with van der Waals surface area (Å²) in [7, 11) is 0. The molecule has 0 N–H and O–H groups in total.